The first-order chi connectivity index (χ1) is 72.5. The van der Waals surface area contributed by atoms with Crippen LogP contribution in [0.4, 0.5) is 13.2 Å². The molecular weight excluding hydrogens is 1980 g/mol. The van der Waals surface area contributed by atoms with Gasteiger partial charge in [-0.15, -0.1) is 45.3 Å². The van der Waals surface area contributed by atoms with Crippen molar-refractivity contribution in [3.63, 3.8) is 0 Å². The molecule has 10 aliphatic rings. The summed E-state index contributed by atoms with van der Waals surface area (Å²) in [6.45, 7) is 27.6. The molecule has 7 saturated heterocycles. The highest BCUT2D eigenvalue weighted by atomic mass is 32.1. The molecule has 150 heavy (non-hydrogen) atoms. The van der Waals surface area contributed by atoms with Crippen molar-refractivity contribution in [3.05, 3.63) is 196 Å². The number of likely N-dealkylation sites (N-methyl/N-ethyl adjacent to an activating group) is 1. The van der Waals surface area contributed by atoms with Gasteiger partial charge in [0.15, 0.2) is 0 Å². The molecule has 6 aromatic heterocycles. The summed E-state index contributed by atoms with van der Waals surface area (Å²) in [6.07, 6.45) is 14.6. The summed E-state index contributed by atoms with van der Waals surface area (Å²) in [6, 6.07) is 31.7. The molecule has 8 amide bonds. The van der Waals surface area contributed by atoms with Crippen molar-refractivity contribution in [2.75, 3.05) is 72.9 Å². The molecule has 0 bridgehead atoms. The Morgan fingerprint density at radius 1 is 0.373 bits per heavy atom. The highest BCUT2D eigenvalue weighted by Gasteiger charge is 2.47. The van der Waals surface area contributed by atoms with Gasteiger partial charge >= 0.3 is 6.18 Å². The van der Waals surface area contributed by atoms with E-state index >= 15 is 0 Å². The Morgan fingerprint density at radius 3 is 1.02 bits per heavy atom. The second kappa shape index (κ2) is 50.2. The van der Waals surface area contributed by atoms with Gasteiger partial charge in [-0.3, -0.25) is 53.3 Å². The van der Waals surface area contributed by atoms with E-state index in [1.807, 2.05) is 93.5 Å². The first kappa shape index (κ1) is 110. The molecule has 4 aromatic carbocycles. The van der Waals surface area contributed by atoms with Crippen LogP contribution in [0.3, 0.4) is 0 Å². The topological polar surface area (TPSA) is 339 Å². The van der Waals surface area contributed by atoms with Gasteiger partial charge in [-0.25, -0.2) is 24.9 Å². The molecule has 1 aliphatic carbocycles. The molecule has 15 heterocycles. The molecule has 9 aliphatic heterocycles. The zero-order valence-electron chi connectivity index (χ0n) is 88.1. The predicted molar refractivity (Wildman–Crippen MR) is 582 cm³/mol. The quantitative estimate of drug-likeness (QED) is 0.0304. The van der Waals surface area contributed by atoms with E-state index in [2.05, 4.69) is 117 Å². The maximum Gasteiger partial charge on any atom is 0.433 e. The standard InChI is InChI=1S/C31H41N5O3S.C29H33F3N4O3S.C28H36N4O2S.C27H34N4O3S/c1-19(32-5)28(37)35-27(20-12-15-39-16-13-20)30(38)36-14-8-11-25(36)29-34-24(18-40-29)22-17-26(31(2,3)4)33-23-10-7-6-9-21(22)23;1-3-17(2)26(37)35-25(18-10-13-39-14-11-18)28(38)36-12-6-9-23(36)27-34-22(16-40-27)20-15-24(29(30,31)32)33-21-8-5-4-7-19(20)21;1-3-18(2)26(33)31-24(19-10-5-4-6-11-19)28(34)32-15-9-14-23(32)27-30-22(17-35-27)25-21-13-8-7-12-20(21)16-29-25;1-3-17(2)25(32)30-23(18-10-13-34-14-11-18)27(33)31-12-6-9-22(31)26-29-21(16-35-26)24-20-8-5-4-7-19(20)15-28-24/h6-7,9-10,17-20,25,27,32H,8,11-16H2,1-5H3,(H,35,37);4-5,7-8,15-18,23,25H,3,6,9-14H2,1-2H3,(H,35,37);7-8,12-13,17-19,23-24H,3-6,9-11,14-16H2,1-2H3,(H,31,33);4-5,7-8,16-18,22-23H,3,6,9-15H2,1-2H3,(H,30,32)/t19-,25-,27-;17-,23+,25+;18-,23+,24+;17-,22+,23+/m0111/s1. The average Bonchev–Trinajstić information content (AvgIpc) is 1.34. The van der Waals surface area contributed by atoms with Gasteiger partial charge in [0.25, 0.3) is 0 Å². The highest BCUT2D eigenvalue weighted by molar-refractivity contribution is 7.11. The lowest BCUT2D eigenvalue weighted by Crippen LogP contribution is -2.56. The number of rotatable bonds is 28. The summed E-state index contributed by atoms with van der Waals surface area (Å²) in [5.74, 6) is -0.404. The van der Waals surface area contributed by atoms with E-state index in [-0.39, 0.29) is 130 Å². The minimum absolute atomic E-state index is 0.00150. The van der Waals surface area contributed by atoms with Crippen LogP contribution in [0.2, 0.25) is 0 Å². The highest BCUT2D eigenvalue weighted by Crippen LogP contribution is 2.46. The number of carbonyl (C=O) groups excluding carboxylic acids is 8. The van der Waals surface area contributed by atoms with Crippen LogP contribution in [-0.4, -0.2) is 211 Å². The van der Waals surface area contributed by atoms with Crippen molar-refractivity contribution in [3.8, 4) is 22.5 Å². The monoisotopic (exact) mass is 2120 g/mol. The zero-order chi connectivity index (χ0) is 106. The lowest BCUT2D eigenvalue weighted by Gasteiger charge is -2.35. The summed E-state index contributed by atoms with van der Waals surface area (Å²) >= 11 is 6.18. The number of pyridine rings is 2. The molecule has 35 heteroatoms. The number of benzene rings is 4. The molecule has 10 aromatic rings. The number of halogens is 3. The fourth-order valence-electron chi connectivity index (χ4n) is 22.1. The molecule has 0 radical (unpaired) electrons. The molecule has 20 rings (SSSR count). The average molecular weight is 2130 g/mol. The van der Waals surface area contributed by atoms with Crippen molar-refractivity contribution in [1.82, 2.24) is 76.1 Å². The number of aromatic nitrogens is 6. The second-order valence-corrected chi connectivity index (χ2v) is 46.3. The van der Waals surface area contributed by atoms with Crippen LogP contribution >= 0.6 is 45.3 Å². The van der Waals surface area contributed by atoms with Crippen molar-refractivity contribution < 1.29 is 65.7 Å². The molecular formula is C115H144F3N17O11S4. The minimum Gasteiger partial charge on any atom is -0.381 e. The van der Waals surface area contributed by atoms with Gasteiger partial charge < -0.3 is 60.4 Å². The number of thiazole rings is 4. The lowest BCUT2D eigenvalue weighted by atomic mass is 9.83. The summed E-state index contributed by atoms with van der Waals surface area (Å²) in [4.78, 5) is 153. The SMILES string of the molecule is CC[C@@H](C)C(=O)N[C@H](C(=O)N1CCC[C@H]1c1nc(-c2cc(C(F)(F)F)nc3ccccc23)cs1)C1CCOCC1.CC[C@@H](C)C(=O)N[C@H](C(=O)N1CCC[C@H]1c1nc(C2=NCc3ccccc32)cs1)C1CCCCC1.CC[C@@H](C)C(=O)N[C@H](C(=O)N1CCC[C@H]1c1nc(C2=NCc3ccccc32)cs1)C1CCOCC1.CN[C@@H](C)C(=O)N[C@H](C(=O)N1CCC[C@H]1c1nc(-c2cc(C(C)(C)C)nc3ccccc23)cs1)C1CCOCC1. The number of nitrogens with one attached hydrogen (secondary N) is 5. The van der Waals surface area contributed by atoms with E-state index in [0.717, 1.165) is 199 Å². The number of para-hydroxylation sites is 2. The summed E-state index contributed by atoms with van der Waals surface area (Å²) < 4.78 is 57.5. The van der Waals surface area contributed by atoms with Gasteiger partial charge in [0, 0.05) is 149 Å². The number of aliphatic imine (C=N–C) groups is 2. The Balaban J connectivity index is 0.000000136. The third-order valence-electron chi connectivity index (χ3n) is 31.9. The van der Waals surface area contributed by atoms with Crippen molar-refractivity contribution in [2.24, 2.45) is 51.4 Å². The number of alkyl halides is 3. The van der Waals surface area contributed by atoms with Crippen LogP contribution in [0.1, 0.15) is 300 Å². The molecule has 5 N–H and O–H groups in total. The number of nitrogens with zero attached hydrogens (tertiary/aromatic N) is 12. The van der Waals surface area contributed by atoms with E-state index in [1.165, 1.54) is 28.9 Å². The van der Waals surface area contributed by atoms with Gasteiger partial charge in [-0.05, 0) is 195 Å². The maximum atomic E-state index is 14.1. The van der Waals surface area contributed by atoms with E-state index in [9.17, 15) is 51.5 Å². The van der Waals surface area contributed by atoms with Crippen LogP contribution in [0.15, 0.2) is 141 Å². The lowest BCUT2D eigenvalue weighted by molar-refractivity contribution is -0.141. The number of hydrogen-bond donors (Lipinski definition) is 5. The second-order valence-electron chi connectivity index (χ2n) is 42.7. The van der Waals surface area contributed by atoms with Crippen LogP contribution in [0, 0.1) is 41.4 Å². The Bertz CT molecular complexity index is 6090. The Hall–Kier alpha value is -11.1. The van der Waals surface area contributed by atoms with Crippen molar-refractivity contribution in [2.45, 2.75) is 290 Å². The van der Waals surface area contributed by atoms with Crippen LogP contribution < -0.4 is 26.6 Å². The van der Waals surface area contributed by atoms with Gasteiger partial charge in [-0.2, -0.15) is 13.2 Å². The number of carbonyl (C=O) groups is 8. The van der Waals surface area contributed by atoms with Gasteiger partial charge in [0.05, 0.1) is 77.1 Å². The van der Waals surface area contributed by atoms with Crippen molar-refractivity contribution in [1.29, 1.82) is 0 Å². The zero-order valence-corrected chi connectivity index (χ0v) is 91.4. The fraction of sp³-hybridized carbons (Fsp3) is 0.548. The molecule has 8 fully saturated rings. The van der Waals surface area contributed by atoms with E-state index in [4.69, 9.17) is 49.1 Å². The minimum atomic E-state index is -4.59. The first-order valence-electron chi connectivity index (χ1n) is 54.3. The van der Waals surface area contributed by atoms with Crippen molar-refractivity contribution >= 4 is 126 Å². The van der Waals surface area contributed by atoms with Crippen LogP contribution in [-0.2, 0) is 77.2 Å². The third kappa shape index (κ3) is 25.5. The predicted octanol–water partition coefficient (Wildman–Crippen LogP) is 20.2. The fourth-order valence-corrected chi connectivity index (χ4v) is 25.9. The van der Waals surface area contributed by atoms with Crippen LogP contribution in [0.25, 0.3) is 44.3 Å². The van der Waals surface area contributed by atoms with E-state index in [0.29, 0.717) is 120 Å². The normalized spacial score (nSPS) is 20.9. The number of hydrogen-bond acceptors (Lipinski definition) is 24. The number of amides is 8. The maximum absolute atomic E-state index is 14.1. The molecule has 28 nitrogen and oxygen atoms in total. The number of fused-ring (bicyclic) bond motifs is 4. The van der Waals surface area contributed by atoms with E-state index in [1.54, 1.807) is 75.6 Å². The third-order valence-corrected chi connectivity index (χ3v) is 35.6. The summed E-state index contributed by atoms with van der Waals surface area (Å²) in [7, 11) is 1.75. The molecule has 0 spiro atoms. The van der Waals surface area contributed by atoms with Gasteiger partial charge in [-0.1, -0.05) is 167 Å². The Kier molecular flexibility index (Phi) is 36.9. The molecule has 1 saturated carbocycles. The Morgan fingerprint density at radius 2 is 0.680 bits per heavy atom. The Labute approximate surface area is 893 Å². The summed E-state index contributed by atoms with van der Waals surface area (Å²) in [5.41, 5.74) is 12.4. The summed E-state index contributed by atoms with van der Waals surface area (Å²) in [5, 5.41) is 28.6. The smallest absolute Gasteiger partial charge is 0.381 e. The number of ether oxygens (including phenoxy) is 3. The van der Waals surface area contributed by atoms with E-state index < -0.39 is 36.0 Å². The molecule has 0 unspecified atom stereocenters. The van der Waals surface area contributed by atoms with Crippen LogP contribution in [0.5, 0.6) is 0 Å². The molecule has 800 valence electrons. The largest absolute Gasteiger partial charge is 0.433 e. The molecule has 12 atom stereocenters. The first-order valence-corrected chi connectivity index (χ1v) is 57.8. The van der Waals surface area contributed by atoms with Gasteiger partial charge in [0.1, 0.15) is 61.3 Å². The number of likely N-dealkylation sites (tertiary alicyclic amines) is 4. The van der Waals surface area contributed by atoms with Gasteiger partial charge in [0.2, 0.25) is 47.3 Å².